The molecule has 4 atom stereocenters. The van der Waals surface area contributed by atoms with Gasteiger partial charge in [-0.15, -0.1) is 0 Å². The van der Waals surface area contributed by atoms with E-state index in [-0.39, 0.29) is 77.3 Å². The van der Waals surface area contributed by atoms with E-state index in [2.05, 4.69) is 0 Å². The molecule has 6 N–H and O–H groups in total. The molecular weight excluding hydrogens is 746 g/mol. The van der Waals surface area contributed by atoms with Crippen molar-refractivity contribution in [3.63, 3.8) is 0 Å². The van der Waals surface area contributed by atoms with Crippen LogP contribution in [0.15, 0.2) is 0 Å². The van der Waals surface area contributed by atoms with Gasteiger partial charge in [0.2, 0.25) is 0 Å². The van der Waals surface area contributed by atoms with Gasteiger partial charge >= 0.3 is 42.1 Å². The normalized spacial score (nSPS) is 24.4. The molecule has 0 aromatic carbocycles. The Morgan fingerprint density at radius 2 is 0.643 bits per heavy atom. The summed E-state index contributed by atoms with van der Waals surface area (Å²) in [7, 11) is 0. The van der Waals surface area contributed by atoms with Crippen molar-refractivity contribution in [3.05, 3.63) is 53.6 Å². The van der Waals surface area contributed by atoms with E-state index >= 15 is 0 Å². The monoisotopic (exact) mass is 772 g/mol. The van der Waals surface area contributed by atoms with Crippen LogP contribution in [-0.2, 0) is 42.1 Å². The molecule has 2 aliphatic rings. The van der Waals surface area contributed by atoms with Crippen LogP contribution < -0.4 is 0 Å². The van der Waals surface area contributed by atoms with Crippen molar-refractivity contribution in [2.75, 3.05) is 0 Å². The van der Waals surface area contributed by atoms with E-state index < -0.39 is 10.2 Å². The Hall–Kier alpha value is -0.463. The van der Waals surface area contributed by atoms with E-state index in [9.17, 15) is 0 Å². The summed E-state index contributed by atoms with van der Waals surface area (Å²) in [6.07, 6.45) is 8.49. The van der Waals surface area contributed by atoms with Crippen molar-refractivity contribution in [2.45, 2.75) is 75.5 Å². The first-order valence-electron chi connectivity index (χ1n) is 7.55. The van der Waals surface area contributed by atoms with Crippen LogP contribution in [0.5, 0.6) is 0 Å². The Morgan fingerprint density at radius 1 is 0.536 bits per heavy atom. The summed E-state index contributed by atoms with van der Waals surface area (Å²) in [5.41, 5.74) is 29.2. The van der Waals surface area contributed by atoms with Crippen LogP contribution in [-0.4, -0.2) is 45.3 Å². The zero-order valence-corrected chi connectivity index (χ0v) is 19.4. The van der Waals surface area contributed by atoms with E-state index in [0.717, 1.165) is 25.7 Å². The predicted molar refractivity (Wildman–Crippen MR) is 94.0 cm³/mol. The maximum absolute atomic E-state index is 8.25. The molecule has 2 fully saturated rings. The van der Waals surface area contributed by atoms with Gasteiger partial charge in [0.05, 0.1) is 10.2 Å². The first-order valence-corrected chi connectivity index (χ1v) is 7.55. The third kappa shape index (κ3) is 33.1. The summed E-state index contributed by atoms with van der Waals surface area (Å²) in [4.78, 5) is 16.5. The Morgan fingerprint density at radius 3 is 0.714 bits per heavy atom. The van der Waals surface area contributed by atoms with Crippen LogP contribution in [0, 0.1) is 30.6 Å². The summed E-state index contributed by atoms with van der Waals surface area (Å²) in [5, 5.41) is 29.5. The molecule has 0 spiro atoms. The third-order valence-corrected chi connectivity index (χ3v) is 3.53. The Balaban J connectivity index is -0.0000000577. The van der Waals surface area contributed by atoms with Crippen molar-refractivity contribution in [3.8, 4) is 0 Å². The standard InChI is InChI=1S/2C6H12N2.2NO3.2H2O.2Pt/c2*7-5-3-1-2-4-6(5)8;2*2-1(3)4;;;;/h2*5-8H,1-4H2;;;2*1H2;;/q2*-2;2*-1;;;2*+4/p-2. The van der Waals surface area contributed by atoms with Gasteiger partial charge in [-0.1, -0.05) is 51.4 Å². The number of nitrogens with one attached hydrogen (secondary N) is 4. The van der Waals surface area contributed by atoms with Crippen LogP contribution in [0.3, 0.4) is 0 Å². The van der Waals surface area contributed by atoms with Gasteiger partial charge in [-0.25, -0.2) is 0 Å². The zero-order valence-electron chi connectivity index (χ0n) is 14.8. The first kappa shape index (κ1) is 41.8. The molecule has 0 radical (unpaired) electrons. The number of rotatable bonds is 0. The van der Waals surface area contributed by atoms with Crippen LogP contribution in [0.25, 0.3) is 22.9 Å². The molecule has 2 rings (SSSR count). The third-order valence-electron chi connectivity index (χ3n) is 3.53. The van der Waals surface area contributed by atoms with Gasteiger partial charge in [0.1, 0.15) is 0 Å². The molecule has 172 valence electrons. The zero-order chi connectivity index (χ0) is 19.1. The number of hydrogen-bond acceptors (Lipinski definition) is 8. The molecule has 28 heavy (non-hydrogen) atoms. The molecule has 2 saturated carbocycles. The Labute approximate surface area is 192 Å². The fraction of sp³-hybridized carbons (Fsp3) is 1.00. The fourth-order valence-corrected chi connectivity index (χ4v) is 2.26. The van der Waals surface area contributed by atoms with Crippen LogP contribution in [0.4, 0.5) is 0 Å². The second-order valence-corrected chi connectivity index (χ2v) is 5.44. The molecule has 0 bridgehead atoms. The minimum Gasteiger partial charge on any atom is -0.870 e. The molecule has 14 nitrogen and oxygen atoms in total. The van der Waals surface area contributed by atoms with Gasteiger partial charge in [0, 0.05) is 0 Å². The molecule has 0 amide bonds. The molecule has 0 aromatic rings. The van der Waals surface area contributed by atoms with Crippen molar-refractivity contribution in [2.24, 2.45) is 0 Å². The van der Waals surface area contributed by atoms with Gasteiger partial charge in [-0.05, 0) is 0 Å². The van der Waals surface area contributed by atoms with Crippen molar-refractivity contribution in [1.82, 2.24) is 0 Å². The summed E-state index contributed by atoms with van der Waals surface area (Å²) in [6, 6.07) is -0.319. The summed E-state index contributed by atoms with van der Waals surface area (Å²) in [6.45, 7) is 0. The first-order chi connectivity index (χ1) is 11.1. The molecule has 0 aromatic heterocycles. The van der Waals surface area contributed by atoms with Gasteiger partial charge in [-0.3, -0.25) is 0 Å². The summed E-state index contributed by atoms with van der Waals surface area (Å²) < 4.78 is 0. The molecule has 0 saturated heterocycles. The van der Waals surface area contributed by atoms with Crippen molar-refractivity contribution in [1.29, 1.82) is 0 Å². The van der Waals surface area contributed by atoms with Gasteiger partial charge in [0.25, 0.3) is 0 Å². The van der Waals surface area contributed by atoms with Gasteiger partial charge < -0.3 is 64.5 Å². The number of nitrogens with zero attached hydrogens (tertiary/aromatic N) is 2. The molecule has 2 aliphatic carbocycles. The van der Waals surface area contributed by atoms with E-state index in [4.69, 9.17) is 53.6 Å². The smallest absolute Gasteiger partial charge is 0.870 e. The Kier molecular flexibility index (Phi) is 39.6. The van der Waals surface area contributed by atoms with E-state index in [1.807, 2.05) is 0 Å². The largest absolute Gasteiger partial charge is 4.00 e. The molecule has 0 heterocycles. The van der Waals surface area contributed by atoms with E-state index in [0.29, 0.717) is 0 Å². The second kappa shape index (κ2) is 26.5. The van der Waals surface area contributed by atoms with Crippen LogP contribution in [0.1, 0.15) is 51.4 Å². The molecule has 0 aliphatic heterocycles. The number of hydrogen-bond donors (Lipinski definition) is 0. The molecular formula is C12H26N6O8Pt2. The van der Waals surface area contributed by atoms with Crippen LogP contribution >= 0.6 is 0 Å². The SMILES string of the molecule is O=[N+]([O-])[O-].O=[N+]([O-])[O-].[NH-]C1CCCCC1[NH-].[NH-]C1CCCCC1[NH-].[OH-].[OH-].[Pt+4].[Pt+4]. The van der Waals surface area contributed by atoms with E-state index in [1.165, 1.54) is 25.7 Å². The van der Waals surface area contributed by atoms with Gasteiger partial charge in [0.15, 0.2) is 0 Å². The maximum Gasteiger partial charge on any atom is 4.00 e. The quantitative estimate of drug-likeness (QED) is 0.256. The minimum atomic E-state index is -1.75. The average molecular weight is 773 g/mol. The maximum atomic E-state index is 8.25. The second-order valence-electron chi connectivity index (χ2n) is 5.44. The van der Waals surface area contributed by atoms with Crippen molar-refractivity contribution < 1.29 is 63.3 Å². The predicted octanol–water partition coefficient (Wildman–Crippen LogP) is 3.97. The molecule has 4 unspecified atom stereocenters. The Bertz CT molecular complexity index is 302. The van der Waals surface area contributed by atoms with Crippen LogP contribution in [0.2, 0.25) is 0 Å². The van der Waals surface area contributed by atoms with Gasteiger partial charge in [-0.2, -0.15) is 24.2 Å². The molecule has 16 heteroatoms. The van der Waals surface area contributed by atoms with Crippen molar-refractivity contribution >= 4 is 0 Å². The fourth-order valence-electron chi connectivity index (χ4n) is 2.26. The topological polar surface area (TPSA) is 288 Å². The minimum absolute atomic E-state index is 0. The summed E-state index contributed by atoms with van der Waals surface area (Å²) in [5.74, 6) is 0. The van der Waals surface area contributed by atoms with E-state index in [1.54, 1.807) is 0 Å². The average Bonchev–Trinajstić information content (AvgIpc) is 2.45. The summed E-state index contributed by atoms with van der Waals surface area (Å²) >= 11 is 0.